The molecular formula is C18H24N2O5S. The van der Waals surface area contributed by atoms with Crippen LogP contribution in [0, 0.1) is 0 Å². The van der Waals surface area contributed by atoms with E-state index in [1.807, 2.05) is 12.1 Å². The molecule has 1 N–H and O–H groups in total. The number of nitrogens with one attached hydrogen (secondary N) is 1. The van der Waals surface area contributed by atoms with Crippen LogP contribution >= 0.6 is 0 Å². The van der Waals surface area contributed by atoms with Crippen LogP contribution in [0.5, 0.6) is 5.75 Å². The fourth-order valence-electron chi connectivity index (χ4n) is 2.26. The van der Waals surface area contributed by atoms with Gasteiger partial charge in [0, 0.05) is 20.0 Å². The lowest BCUT2D eigenvalue weighted by Gasteiger charge is -2.18. The van der Waals surface area contributed by atoms with Crippen molar-refractivity contribution in [2.24, 2.45) is 0 Å². The number of sulfonamides is 1. The molecule has 1 atom stereocenters. The van der Waals surface area contributed by atoms with E-state index in [0.29, 0.717) is 18.0 Å². The van der Waals surface area contributed by atoms with Gasteiger partial charge in [0.25, 0.3) is 5.91 Å². The van der Waals surface area contributed by atoms with Crippen molar-refractivity contribution in [2.45, 2.75) is 25.9 Å². The van der Waals surface area contributed by atoms with Gasteiger partial charge in [-0.25, -0.2) is 8.42 Å². The Hall–Kier alpha value is -2.48. The molecule has 0 fully saturated rings. The number of hydrogen-bond donors (Lipinski definition) is 1. The van der Waals surface area contributed by atoms with Gasteiger partial charge in [0.05, 0.1) is 18.2 Å². The minimum absolute atomic E-state index is 0.207. The number of furan rings is 1. The summed E-state index contributed by atoms with van der Waals surface area (Å²) < 4.78 is 35.0. The molecular weight excluding hydrogens is 356 g/mol. The second kappa shape index (κ2) is 8.75. The van der Waals surface area contributed by atoms with E-state index in [1.54, 1.807) is 37.5 Å². The van der Waals surface area contributed by atoms with Gasteiger partial charge in [0.15, 0.2) is 6.10 Å². The molecule has 26 heavy (non-hydrogen) atoms. The molecule has 8 heteroatoms. The maximum atomic E-state index is 12.1. The van der Waals surface area contributed by atoms with E-state index >= 15 is 0 Å². The van der Waals surface area contributed by atoms with Crippen LogP contribution in [0.2, 0.25) is 0 Å². The lowest BCUT2D eigenvalue weighted by Crippen LogP contribution is -2.36. The van der Waals surface area contributed by atoms with E-state index in [9.17, 15) is 13.2 Å². The van der Waals surface area contributed by atoms with Crippen molar-refractivity contribution < 1.29 is 22.4 Å². The number of benzene rings is 1. The third-order valence-electron chi connectivity index (χ3n) is 3.86. The summed E-state index contributed by atoms with van der Waals surface area (Å²) in [6, 6.07) is 10.3. The lowest BCUT2D eigenvalue weighted by atomic mass is 10.2. The fraction of sp³-hybridized carbons (Fsp3) is 0.389. The quantitative estimate of drug-likeness (QED) is 0.674. The first-order valence-corrected chi connectivity index (χ1v) is 10.1. The molecule has 0 spiro atoms. The summed E-state index contributed by atoms with van der Waals surface area (Å²) in [7, 11) is -1.84. The van der Waals surface area contributed by atoms with Crippen LogP contribution in [-0.4, -0.2) is 40.3 Å². The third kappa shape index (κ3) is 5.80. The SMILES string of the molecule is CC(Oc1ccc(N(C)S(C)(=O)=O)cc1)C(=O)NCCCc1ccco1. The minimum atomic E-state index is -3.31. The molecule has 1 unspecified atom stereocenters. The molecule has 2 rings (SSSR count). The van der Waals surface area contributed by atoms with E-state index in [4.69, 9.17) is 9.15 Å². The van der Waals surface area contributed by atoms with Gasteiger partial charge in [-0.3, -0.25) is 9.10 Å². The van der Waals surface area contributed by atoms with E-state index in [0.717, 1.165) is 24.9 Å². The number of aryl methyl sites for hydroxylation is 1. The van der Waals surface area contributed by atoms with Crippen LogP contribution in [0.1, 0.15) is 19.1 Å². The Balaban J connectivity index is 1.79. The topological polar surface area (TPSA) is 88.8 Å². The molecule has 7 nitrogen and oxygen atoms in total. The van der Waals surface area contributed by atoms with Gasteiger partial charge in [-0.15, -0.1) is 0 Å². The summed E-state index contributed by atoms with van der Waals surface area (Å²) in [5, 5.41) is 2.82. The molecule has 0 saturated carbocycles. The summed E-state index contributed by atoms with van der Waals surface area (Å²) >= 11 is 0. The largest absolute Gasteiger partial charge is 0.481 e. The van der Waals surface area contributed by atoms with Crippen molar-refractivity contribution in [1.29, 1.82) is 0 Å². The maximum absolute atomic E-state index is 12.1. The highest BCUT2D eigenvalue weighted by atomic mass is 32.2. The molecule has 0 aliphatic rings. The highest BCUT2D eigenvalue weighted by Gasteiger charge is 2.15. The highest BCUT2D eigenvalue weighted by molar-refractivity contribution is 7.92. The Morgan fingerprint density at radius 3 is 2.54 bits per heavy atom. The molecule has 1 aromatic carbocycles. The van der Waals surface area contributed by atoms with Gasteiger partial charge in [0.2, 0.25) is 10.0 Å². The smallest absolute Gasteiger partial charge is 0.260 e. The van der Waals surface area contributed by atoms with E-state index in [1.165, 1.54) is 11.4 Å². The zero-order valence-electron chi connectivity index (χ0n) is 15.1. The van der Waals surface area contributed by atoms with Crippen molar-refractivity contribution in [3.8, 4) is 5.75 Å². The zero-order chi connectivity index (χ0) is 19.2. The fourth-order valence-corrected chi connectivity index (χ4v) is 2.76. The summed E-state index contributed by atoms with van der Waals surface area (Å²) in [4.78, 5) is 12.1. The molecule has 0 aliphatic heterocycles. The van der Waals surface area contributed by atoms with Gasteiger partial charge in [0.1, 0.15) is 11.5 Å². The number of carbonyl (C=O) groups excluding carboxylic acids is 1. The van der Waals surface area contributed by atoms with Gasteiger partial charge >= 0.3 is 0 Å². The number of anilines is 1. The molecule has 1 aromatic heterocycles. The predicted octanol–water partition coefficient (Wildman–Crippen LogP) is 2.19. The number of carbonyl (C=O) groups is 1. The zero-order valence-corrected chi connectivity index (χ0v) is 16.0. The first-order chi connectivity index (χ1) is 12.3. The number of ether oxygens (including phenoxy) is 1. The Bertz CT molecular complexity index is 801. The molecule has 0 saturated heterocycles. The van der Waals surface area contributed by atoms with Crippen LogP contribution in [0.15, 0.2) is 47.1 Å². The van der Waals surface area contributed by atoms with Crippen LogP contribution in [0.25, 0.3) is 0 Å². The minimum Gasteiger partial charge on any atom is -0.481 e. The second-order valence-electron chi connectivity index (χ2n) is 5.96. The molecule has 2 aromatic rings. The molecule has 142 valence electrons. The van der Waals surface area contributed by atoms with Crippen LogP contribution in [0.4, 0.5) is 5.69 Å². The van der Waals surface area contributed by atoms with Crippen LogP contribution in [0.3, 0.4) is 0 Å². The normalized spacial score (nSPS) is 12.4. The third-order valence-corrected chi connectivity index (χ3v) is 5.06. The molecule has 0 aliphatic carbocycles. The second-order valence-corrected chi connectivity index (χ2v) is 7.97. The first kappa shape index (κ1) is 19.8. The van der Waals surface area contributed by atoms with Gasteiger partial charge in [-0.1, -0.05) is 0 Å². The summed E-state index contributed by atoms with van der Waals surface area (Å²) in [5.74, 6) is 1.18. The number of nitrogens with zero attached hydrogens (tertiary/aromatic N) is 1. The lowest BCUT2D eigenvalue weighted by molar-refractivity contribution is -0.127. The standard InChI is InChI=1S/C18H24N2O5S/c1-14(18(21)19-12-4-6-16-7-5-13-24-16)25-17-10-8-15(9-11-17)20(2)26(3,22)23/h5,7-11,13-14H,4,6,12H2,1-3H3,(H,19,21). The predicted molar refractivity (Wildman–Crippen MR) is 99.8 cm³/mol. The maximum Gasteiger partial charge on any atom is 0.260 e. The van der Waals surface area contributed by atoms with Crippen molar-refractivity contribution in [1.82, 2.24) is 5.32 Å². The average Bonchev–Trinajstić information content (AvgIpc) is 3.11. The molecule has 1 amide bonds. The number of amides is 1. The Kier molecular flexibility index (Phi) is 6.68. The summed E-state index contributed by atoms with van der Waals surface area (Å²) in [5.41, 5.74) is 0.523. The summed E-state index contributed by atoms with van der Waals surface area (Å²) in [6.45, 7) is 2.20. The van der Waals surface area contributed by atoms with Crippen LogP contribution in [-0.2, 0) is 21.2 Å². The summed E-state index contributed by atoms with van der Waals surface area (Å²) in [6.07, 6.45) is 3.64. The number of hydrogen-bond acceptors (Lipinski definition) is 5. The monoisotopic (exact) mass is 380 g/mol. The highest BCUT2D eigenvalue weighted by Crippen LogP contribution is 2.21. The van der Waals surface area contributed by atoms with E-state index in [-0.39, 0.29) is 5.91 Å². The average molecular weight is 380 g/mol. The Morgan fingerprint density at radius 2 is 1.96 bits per heavy atom. The van der Waals surface area contributed by atoms with Crippen molar-refractivity contribution in [2.75, 3.05) is 24.2 Å². The van der Waals surface area contributed by atoms with Crippen molar-refractivity contribution in [3.63, 3.8) is 0 Å². The Labute approximate surface area is 154 Å². The van der Waals surface area contributed by atoms with Crippen LogP contribution < -0.4 is 14.4 Å². The van der Waals surface area contributed by atoms with Crippen molar-refractivity contribution in [3.05, 3.63) is 48.4 Å². The molecule has 0 radical (unpaired) electrons. The van der Waals surface area contributed by atoms with E-state index < -0.39 is 16.1 Å². The Morgan fingerprint density at radius 1 is 1.27 bits per heavy atom. The van der Waals surface area contributed by atoms with Gasteiger partial charge < -0.3 is 14.5 Å². The number of rotatable bonds is 9. The van der Waals surface area contributed by atoms with Crippen molar-refractivity contribution >= 4 is 21.6 Å². The molecule has 0 bridgehead atoms. The van der Waals surface area contributed by atoms with E-state index in [2.05, 4.69) is 5.32 Å². The first-order valence-electron chi connectivity index (χ1n) is 8.28. The van der Waals surface area contributed by atoms with Gasteiger partial charge in [-0.2, -0.15) is 0 Å². The molecule has 1 heterocycles. The van der Waals surface area contributed by atoms with Gasteiger partial charge in [-0.05, 0) is 49.7 Å².